The van der Waals surface area contributed by atoms with Gasteiger partial charge < -0.3 is 4.74 Å². The minimum Gasteiger partial charge on any atom is -0.497 e. The monoisotopic (exact) mass is 270 g/mol. The highest BCUT2D eigenvalue weighted by Crippen LogP contribution is 2.43. The van der Waals surface area contributed by atoms with Gasteiger partial charge in [0.1, 0.15) is 11.3 Å². The molecule has 0 aromatic heterocycles. The molecule has 0 radical (unpaired) electrons. The number of rotatable bonds is 2. The van der Waals surface area contributed by atoms with Crippen LogP contribution in [0.1, 0.15) is 43.2 Å². The predicted octanol–water partition coefficient (Wildman–Crippen LogP) is 3.24. The molecule has 0 bridgehead atoms. The van der Waals surface area contributed by atoms with E-state index in [4.69, 9.17) is 4.74 Å². The second-order valence-electron chi connectivity index (χ2n) is 5.90. The highest BCUT2D eigenvalue weighted by molar-refractivity contribution is 5.47. The van der Waals surface area contributed by atoms with Crippen LogP contribution in [-0.4, -0.2) is 25.1 Å². The van der Waals surface area contributed by atoms with Gasteiger partial charge in [0, 0.05) is 0 Å². The number of fused-ring (bicyclic) bond motifs is 1. The molecule has 0 amide bonds. The van der Waals surface area contributed by atoms with Crippen molar-refractivity contribution >= 4 is 0 Å². The minimum absolute atomic E-state index is 0.422. The molecule has 1 unspecified atom stereocenters. The number of nitrogens with zero attached hydrogens (tertiary/aromatic N) is 2. The van der Waals surface area contributed by atoms with Gasteiger partial charge in [-0.25, -0.2) is 0 Å². The Labute approximate surface area is 121 Å². The van der Waals surface area contributed by atoms with E-state index < -0.39 is 5.54 Å². The van der Waals surface area contributed by atoms with Gasteiger partial charge in [-0.1, -0.05) is 18.9 Å². The highest BCUT2D eigenvalue weighted by atomic mass is 16.5. The quantitative estimate of drug-likeness (QED) is 0.827. The first-order chi connectivity index (χ1) is 9.80. The van der Waals surface area contributed by atoms with Gasteiger partial charge in [0.25, 0.3) is 0 Å². The minimum atomic E-state index is -0.422. The maximum atomic E-state index is 9.94. The molecule has 1 aromatic rings. The van der Waals surface area contributed by atoms with Gasteiger partial charge in [-0.3, -0.25) is 4.90 Å². The molecular weight excluding hydrogens is 248 g/mol. The summed E-state index contributed by atoms with van der Waals surface area (Å²) < 4.78 is 5.36. The van der Waals surface area contributed by atoms with Crippen molar-refractivity contribution in [2.75, 3.05) is 20.2 Å². The number of hydrogen-bond donors (Lipinski definition) is 0. The van der Waals surface area contributed by atoms with Crippen LogP contribution in [-0.2, 0) is 12.0 Å². The van der Waals surface area contributed by atoms with E-state index in [2.05, 4.69) is 23.1 Å². The second-order valence-corrected chi connectivity index (χ2v) is 5.90. The molecule has 3 heteroatoms. The summed E-state index contributed by atoms with van der Waals surface area (Å²) in [4.78, 5) is 2.42. The molecule has 3 nitrogen and oxygen atoms in total. The molecule has 0 saturated carbocycles. The van der Waals surface area contributed by atoms with E-state index in [0.717, 1.165) is 31.7 Å². The van der Waals surface area contributed by atoms with Gasteiger partial charge in [0.05, 0.1) is 13.2 Å². The molecule has 1 aliphatic carbocycles. The molecule has 1 aliphatic heterocycles. The van der Waals surface area contributed by atoms with E-state index in [1.54, 1.807) is 7.11 Å². The van der Waals surface area contributed by atoms with Crippen LogP contribution in [0.15, 0.2) is 18.2 Å². The molecule has 2 aliphatic rings. The Kier molecular flexibility index (Phi) is 3.67. The first-order valence-corrected chi connectivity index (χ1v) is 7.64. The van der Waals surface area contributed by atoms with Crippen molar-refractivity contribution in [3.05, 3.63) is 29.3 Å². The molecule has 3 rings (SSSR count). The van der Waals surface area contributed by atoms with E-state index in [1.165, 1.54) is 36.8 Å². The third-order valence-electron chi connectivity index (χ3n) is 4.85. The summed E-state index contributed by atoms with van der Waals surface area (Å²) in [5.41, 5.74) is 2.08. The van der Waals surface area contributed by atoms with Crippen molar-refractivity contribution in [2.24, 2.45) is 0 Å². The normalized spacial score (nSPS) is 26.6. The Morgan fingerprint density at radius 1 is 1.20 bits per heavy atom. The number of methoxy groups -OCH3 is 1. The maximum absolute atomic E-state index is 9.94. The van der Waals surface area contributed by atoms with Crippen molar-refractivity contribution in [3.63, 3.8) is 0 Å². The Bertz CT molecular complexity index is 526. The topological polar surface area (TPSA) is 36.3 Å². The fraction of sp³-hybridized carbons (Fsp3) is 0.588. The third-order valence-corrected chi connectivity index (χ3v) is 4.85. The average Bonchev–Trinajstić information content (AvgIpc) is 2.67. The Morgan fingerprint density at radius 2 is 1.95 bits per heavy atom. The van der Waals surface area contributed by atoms with Crippen LogP contribution in [0.5, 0.6) is 5.75 Å². The third kappa shape index (κ3) is 2.09. The zero-order chi connectivity index (χ0) is 14.0. The molecule has 1 fully saturated rings. The summed E-state index contributed by atoms with van der Waals surface area (Å²) >= 11 is 0. The number of nitriles is 1. The van der Waals surface area contributed by atoms with Gasteiger partial charge >= 0.3 is 0 Å². The van der Waals surface area contributed by atoms with Crippen molar-refractivity contribution in [1.29, 1.82) is 5.26 Å². The zero-order valence-corrected chi connectivity index (χ0v) is 12.2. The SMILES string of the molecule is COc1ccc2c(c1)C(C#N)(N1CCCCCC1)CC2. The molecule has 1 heterocycles. The van der Waals surface area contributed by atoms with Crippen LogP contribution >= 0.6 is 0 Å². The summed E-state index contributed by atoms with van der Waals surface area (Å²) in [6.45, 7) is 2.09. The van der Waals surface area contributed by atoms with Crippen LogP contribution in [0.3, 0.4) is 0 Å². The standard InChI is InChI=1S/C17H22N2O/c1-20-15-7-6-14-8-9-17(13-18,16(14)12-15)19-10-4-2-3-5-11-19/h6-7,12H,2-5,8-11H2,1H3. The fourth-order valence-corrected chi connectivity index (χ4v) is 3.70. The first-order valence-electron chi connectivity index (χ1n) is 7.64. The van der Waals surface area contributed by atoms with Crippen molar-refractivity contribution in [1.82, 2.24) is 4.90 Å². The number of benzene rings is 1. The van der Waals surface area contributed by atoms with Gasteiger partial charge in [-0.15, -0.1) is 0 Å². The van der Waals surface area contributed by atoms with E-state index in [9.17, 15) is 5.26 Å². The lowest BCUT2D eigenvalue weighted by molar-refractivity contribution is 0.141. The lowest BCUT2D eigenvalue weighted by Gasteiger charge is -2.36. The van der Waals surface area contributed by atoms with Crippen molar-refractivity contribution in [3.8, 4) is 11.8 Å². The number of likely N-dealkylation sites (tertiary alicyclic amines) is 1. The van der Waals surface area contributed by atoms with Crippen LogP contribution in [0.4, 0.5) is 0 Å². The summed E-state index contributed by atoms with van der Waals surface area (Å²) in [6.07, 6.45) is 6.94. The summed E-state index contributed by atoms with van der Waals surface area (Å²) in [7, 11) is 1.69. The largest absolute Gasteiger partial charge is 0.497 e. The van der Waals surface area contributed by atoms with E-state index in [-0.39, 0.29) is 0 Å². The molecule has 20 heavy (non-hydrogen) atoms. The molecule has 0 spiro atoms. The average molecular weight is 270 g/mol. The van der Waals surface area contributed by atoms with Crippen LogP contribution in [0.2, 0.25) is 0 Å². The summed E-state index contributed by atoms with van der Waals surface area (Å²) in [5, 5.41) is 9.94. The molecular formula is C17H22N2O. The van der Waals surface area contributed by atoms with E-state index >= 15 is 0 Å². The van der Waals surface area contributed by atoms with Gasteiger partial charge in [0.2, 0.25) is 0 Å². The van der Waals surface area contributed by atoms with Gasteiger partial charge in [-0.05, 0) is 62.0 Å². The number of hydrogen-bond acceptors (Lipinski definition) is 3. The predicted molar refractivity (Wildman–Crippen MR) is 78.6 cm³/mol. The van der Waals surface area contributed by atoms with Gasteiger partial charge in [0.15, 0.2) is 0 Å². The smallest absolute Gasteiger partial charge is 0.135 e. The van der Waals surface area contributed by atoms with Crippen LogP contribution in [0.25, 0.3) is 0 Å². The Morgan fingerprint density at radius 3 is 2.60 bits per heavy atom. The maximum Gasteiger partial charge on any atom is 0.135 e. The van der Waals surface area contributed by atoms with E-state index in [0.29, 0.717) is 0 Å². The van der Waals surface area contributed by atoms with Crippen LogP contribution in [0, 0.1) is 11.3 Å². The van der Waals surface area contributed by atoms with E-state index in [1.807, 2.05) is 6.07 Å². The lowest BCUT2D eigenvalue weighted by atomic mass is 9.90. The summed E-state index contributed by atoms with van der Waals surface area (Å²) in [6, 6.07) is 8.87. The Balaban J connectivity index is 2.01. The van der Waals surface area contributed by atoms with Crippen molar-refractivity contribution in [2.45, 2.75) is 44.1 Å². The first kappa shape index (κ1) is 13.5. The number of ether oxygens (including phenoxy) is 1. The fourth-order valence-electron chi connectivity index (χ4n) is 3.70. The molecule has 1 atom stereocenters. The molecule has 1 saturated heterocycles. The van der Waals surface area contributed by atoms with Crippen molar-refractivity contribution < 1.29 is 4.74 Å². The van der Waals surface area contributed by atoms with Gasteiger partial charge in [-0.2, -0.15) is 5.26 Å². The lowest BCUT2D eigenvalue weighted by Crippen LogP contribution is -2.44. The molecule has 0 N–H and O–H groups in total. The summed E-state index contributed by atoms with van der Waals surface area (Å²) in [5.74, 6) is 0.861. The Hall–Kier alpha value is -1.53. The number of aryl methyl sites for hydroxylation is 1. The zero-order valence-electron chi connectivity index (χ0n) is 12.2. The second kappa shape index (κ2) is 5.46. The van der Waals surface area contributed by atoms with Crippen LogP contribution < -0.4 is 4.74 Å². The molecule has 1 aromatic carbocycles. The molecule has 106 valence electrons. The highest BCUT2D eigenvalue weighted by Gasteiger charge is 2.44.